The summed E-state index contributed by atoms with van der Waals surface area (Å²) >= 11 is 1.57. The van der Waals surface area contributed by atoms with E-state index < -0.39 is 31.7 Å². The number of ether oxygens (including phenoxy) is 1. The molecule has 0 saturated heterocycles. The third-order valence-corrected chi connectivity index (χ3v) is 10.5. The van der Waals surface area contributed by atoms with Crippen molar-refractivity contribution in [3.63, 3.8) is 0 Å². The number of fused-ring (bicyclic) bond motifs is 4. The number of benzene rings is 3. The largest absolute Gasteiger partial charge is 0.748 e. The molecule has 13 heteroatoms. The Morgan fingerprint density at radius 2 is 1.67 bits per heavy atom. The molecule has 0 spiro atoms. The van der Waals surface area contributed by atoms with Crippen LogP contribution in [0.1, 0.15) is 31.2 Å². The lowest BCUT2D eigenvalue weighted by Crippen LogP contribution is -2.36. The molecule has 0 fully saturated rings. The quantitative estimate of drug-likeness (QED) is 0.124. The van der Waals surface area contributed by atoms with Gasteiger partial charge in [0, 0.05) is 54.7 Å². The molecule has 0 N–H and O–H groups in total. The number of hydrogen-bond donors (Lipinski definition) is 0. The zero-order valence-electron chi connectivity index (χ0n) is 25.0. The molecule has 6 rings (SSSR count). The van der Waals surface area contributed by atoms with Crippen LogP contribution in [0.4, 0.5) is 5.69 Å². The van der Waals surface area contributed by atoms with Crippen LogP contribution in [-0.2, 0) is 26.8 Å². The molecule has 1 aliphatic heterocycles. The van der Waals surface area contributed by atoms with E-state index in [1.165, 1.54) is 0 Å². The van der Waals surface area contributed by atoms with Gasteiger partial charge in [-0.25, -0.2) is 16.8 Å². The van der Waals surface area contributed by atoms with Gasteiger partial charge in [0.05, 0.1) is 31.3 Å². The van der Waals surface area contributed by atoms with Gasteiger partial charge >= 0.3 is 0 Å². The molecule has 0 unspecified atom stereocenters. The van der Waals surface area contributed by atoms with Crippen molar-refractivity contribution in [1.29, 1.82) is 0 Å². The maximum absolute atomic E-state index is 11.4. The fraction of sp³-hybridized carbons (Fsp3) is 0.242. The second kappa shape index (κ2) is 13.0. The average Bonchev–Trinajstić information content (AvgIpc) is 3.74. The maximum Gasteiger partial charge on any atom is 0.263 e. The van der Waals surface area contributed by atoms with Gasteiger partial charge in [-0.2, -0.15) is 4.57 Å². The zero-order valence-corrected chi connectivity index (χ0v) is 27.5. The first-order chi connectivity index (χ1) is 22.0. The van der Waals surface area contributed by atoms with Crippen LogP contribution < -0.4 is 14.2 Å². The molecule has 3 heterocycles. The van der Waals surface area contributed by atoms with Gasteiger partial charge in [-0.05, 0) is 66.3 Å². The molecule has 2 aromatic heterocycles. The summed E-state index contributed by atoms with van der Waals surface area (Å²) in [5.74, 6) is 0.173. The van der Waals surface area contributed by atoms with Gasteiger partial charge in [-0.3, -0.25) is 0 Å². The molecule has 46 heavy (non-hydrogen) atoms. The molecular formula is C33H32N3O7S3-. The van der Waals surface area contributed by atoms with Crippen LogP contribution in [0.25, 0.3) is 32.8 Å². The van der Waals surface area contributed by atoms with E-state index in [9.17, 15) is 25.9 Å². The number of anilines is 1. The highest BCUT2D eigenvalue weighted by Gasteiger charge is 2.28. The number of nitrogens with zero attached hydrogens (tertiary/aromatic N) is 3. The average molecular weight is 679 g/mol. The van der Waals surface area contributed by atoms with E-state index in [1.807, 2.05) is 95.5 Å². The van der Waals surface area contributed by atoms with E-state index >= 15 is 0 Å². The van der Waals surface area contributed by atoms with Gasteiger partial charge in [0.25, 0.3) is 5.01 Å². The van der Waals surface area contributed by atoms with Crippen LogP contribution in [0, 0.1) is 0 Å². The third kappa shape index (κ3) is 7.18. The highest BCUT2D eigenvalue weighted by Crippen LogP contribution is 2.41. The Labute approximate surface area is 272 Å². The van der Waals surface area contributed by atoms with Gasteiger partial charge in [0.15, 0.2) is 12.3 Å². The van der Waals surface area contributed by atoms with E-state index in [2.05, 4.69) is 16.7 Å². The smallest absolute Gasteiger partial charge is 0.263 e. The normalized spacial score (nSPS) is 14.8. The maximum atomic E-state index is 11.4. The minimum absolute atomic E-state index is 0.122. The summed E-state index contributed by atoms with van der Waals surface area (Å²) in [6.45, 7) is 2.61. The molecule has 0 amide bonds. The first kappa shape index (κ1) is 32.0. The second-order valence-electron chi connectivity index (χ2n) is 11.0. The highest BCUT2D eigenvalue weighted by molar-refractivity contribution is 7.85. The van der Waals surface area contributed by atoms with E-state index in [0.717, 1.165) is 42.9 Å². The Balaban J connectivity index is 1.41. The monoisotopic (exact) mass is 678 g/mol. The molecule has 0 radical (unpaired) electrons. The number of aromatic nitrogens is 2. The number of hydrogen-bond acceptors (Lipinski definition) is 9. The fourth-order valence-electron chi connectivity index (χ4n) is 5.66. The van der Waals surface area contributed by atoms with Crippen LogP contribution >= 0.6 is 11.3 Å². The Kier molecular flexibility index (Phi) is 9.03. The Morgan fingerprint density at radius 3 is 2.41 bits per heavy atom. The molecule has 240 valence electrons. The minimum atomic E-state index is -4.38. The Bertz CT molecular complexity index is 2190. The molecule has 5 aromatic rings. The number of rotatable bonds is 12. The first-order valence-corrected chi connectivity index (χ1v) is 18.8. The zero-order chi connectivity index (χ0) is 32.5. The van der Waals surface area contributed by atoms with Crippen molar-refractivity contribution < 1.29 is 35.2 Å². The molecule has 0 atom stereocenters. The summed E-state index contributed by atoms with van der Waals surface area (Å²) in [6, 6.07) is 21.7. The predicted octanol–water partition coefficient (Wildman–Crippen LogP) is 5.54. The first-order valence-electron chi connectivity index (χ1n) is 14.9. The van der Waals surface area contributed by atoms with E-state index in [4.69, 9.17) is 4.74 Å². The summed E-state index contributed by atoms with van der Waals surface area (Å²) in [5.41, 5.74) is 3.55. The fourth-order valence-corrected chi connectivity index (χ4v) is 7.81. The Morgan fingerprint density at radius 1 is 0.935 bits per heavy atom. The van der Waals surface area contributed by atoms with Crippen LogP contribution in [0.15, 0.2) is 96.7 Å². The summed E-state index contributed by atoms with van der Waals surface area (Å²) in [5, 5.41) is 2.97. The van der Waals surface area contributed by atoms with Crippen molar-refractivity contribution in [1.82, 2.24) is 4.57 Å². The summed E-state index contributed by atoms with van der Waals surface area (Å²) in [4.78, 5) is 1.89. The number of aryl methyl sites for hydroxylation is 1. The van der Waals surface area contributed by atoms with Crippen molar-refractivity contribution in [2.75, 3.05) is 23.0 Å². The van der Waals surface area contributed by atoms with Crippen molar-refractivity contribution in [2.24, 2.45) is 0 Å². The Hall–Kier alpha value is -4.01. The molecule has 0 aliphatic carbocycles. The standard InChI is InChI=1S/C33H33N3O7S3/c1-2-24(22-32-36(18-8-20-46(40,41)42)33-27-10-4-3-9-25(27)11-14-30(33)44-32)21-31-35(17-7-19-45(37,38)39)28-23-26(12-13-29(28)43-31)34-15-5-6-16-34/h3-6,9-16,21-23H,2,7-8,17-20H2,1H3,(H-,37,38,39,40,41,42)/p-1. The lowest BCUT2D eigenvalue weighted by atomic mass is 10.1. The topological polar surface area (TPSA) is 136 Å². The van der Waals surface area contributed by atoms with Crippen molar-refractivity contribution in [3.05, 3.63) is 102 Å². The predicted molar refractivity (Wildman–Crippen MR) is 178 cm³/mol. The van der Waals surface area contributed by atoms with Crippen LogP contribution in [0.3, 0.4) is 0 Å². The van der Waals surface area contributed by atoms with E-state index in [0.29, 0.717) is 24.6 Å². The lowest BCUT2D eigenvalue weighted by Gasteiger charge is -2.19. The summed E-state index contributed by atoms with van der Waals surface area (Å²) in [7, 11) is -8.75. The third-order valence-electron chi connectivity index (χ3n) is 7.81. The van der Waals surface area contributed by atoms with Gasteiger partial charge in [0.1, 0.15) is 4.70 Å². The van der Waals surface area contributed by atoms with E-state index in [-0.39, 0.29) is 19.4 Å². The van der Waals surface area contributed by atoms with E-state index in [1.54, 1.807) is 11.3 Å². The SMILES string of the molecule is CCC(/C=C1\Oc2ccc(-n3cccc3)cc2N1CCCS(=O)(=O)[O-])=C\c1sc2ccc3ccccc3c2[n+]1CCCS(=O)(=O)[O-]. The number of thiazole rings is 1. The number of allylic oxidation sites excluding steroid dienone is 2. The molecular weight excluding hydrogens is 647 g/mol. The molecule has 0 saturated carbocycles. The molecule has 10 nitrogen and oxygen atoms in total. The van der Waals surface area contributed by atoms with Crippen molar-refractivity contribution in [2.45, 2.75) is 32.7 Å². The van der Waals surface area contributed by atoms with Gasteiger partial charge in [-0.15, -0.1) is 0 Å². The minimum Gasteiger partial charge on any atom is -0.748 e. The van der Waals surface area contributed by atoms with Gasteiger partial charge in [-0.1, -0.05) is 42.5 Å². The van der Waals surface area contributed by atoms with Crippen molar-refractivity contribution in [3.8, 4) is 11.4 Å². The molecule has 3 aromatic carbocycles. The van der Waals surface area contributed by atoms with Gasteiger partial charge < -0.3 is 23.3 Å². The second-order valence-corrected chi connectivity index (χ2v) is 15.1. The summed E-state index contributed by atoms with van der Waals surface area (Å²) < 4.78 is 79.9. The van der Waals surface area contributed by atoms with Crippen LogP contribution in [0.5, 0.6) is 5.75 Å². The van der Waals surface area contributed by atoms with Gasteiger partial charge in [0.2, 0.25) is 11.4 Å². The molecule has 0 bridgehead atoms. The van der Waals surface area contributed by atoms with Crippen molar-refractivity contribution >= 4 is 64.3 Å². The summed E-state index contributed by atoms with van der Waals surface area (Å²) in [6.07, 6.45) is 8.73. The lowest BCUT2D eigenvalue weighted by molar-refractivity contribution is -0.667. The van der Waals surface area contributed by atoms with Crippen LogP contribution in [-0.4, -0.2) is 48.6 Å². The van der Waals surface area contributed by atoms with Crippen LogP contribution in [0.2, 0.25) is 0 Å². The molecule has 1 aliphatic rings. The highest BCUT2D eigenvalue weighted by atomic mass is 32.2.